The molecule has 6 rings (SSSR count). The summed E-state index contributed by atoms with van der Waals surface area (Å²) in [4.78, 5) is 37.3. The Morgan fingerprint density at radius 1 is 0.955 bits per heavy atom. The minimum Gasteiger partial charge on any atom is -0.439 e. The zero-order chi connectivity index (χ0) is 30.5. The number of aromatic nitrogens is 1. The van der Waals surface area contributed by atoms with Crippen LogP contribution in [0.2, 0.25) is 0 Å². The second-order valence-corrected chi connectivity index (χ2v) is 12.4. The van der Waals surface area contributed by atoms with Crippen LogP contribution in [0.15, 0.2) is 72.9 Å². The molecule has 232 valence electrons. The van der Waals surface area contributed by atoms with Crippen LogP contribution in [0.5, 0.6) is 11.6 Å². The smallest absolute Gasteiger partial charge is 0.321 e. The van der Waals surface area contributed by atoms with Crippen molar-refractivity contribution in [3.63, 3.8) is 0 Å². The Morgan fingerprint density at radius 2 is 1.68 bits per heavy atom. The number of likely N-dealkylation sites (tertiary alicyclic amines) is 1. The minimum atomic E-state index is -0.0990. The summed E-state index contributed by atoms with van der Waals surface area (Å²) in [6.45, 7) is 8.77. The number of nitrogens with zero attached hydrogens (tertiary/aromatic N) is 4. The molecular formula is C35H43N5O4. The number of carbonyl (C=O) groups is 2. The van der Waals surface area contributed by atoms with E-state index in [1.165, 1.54) is 5.56 Å². The topological polar surface area (TPSA) is 87.2 Å². The van der Waals surface area contributed by atoms with Crippen molar-refractivity contribution in [1.29, 1.82) is 0 Å². The van der Waals surface area contributed by atoms with E-state index in [2.05, 4.69) is 55.3 Å². The third kappa shape index (κ3) is 7.05. The number of ether oxygens (including phenoxy) is 2. The molecule has 0 spiro atoms. The van der Waals surface area contributed by atoms with E-state index in [-0.39, 0.29) is 36.1 Å². The van der Waals surface area contributed by atoms with Crippen LogP contribution < -0.4 is 10.1 Å². The van der Waals surface area contributed by atoms with Gasteiger partial charge in [0.25, 0.3) is 5.91 Å². The van der Waals surface area contributed by atoms with Gasteiger partial charge in [-0.3, -0.25) is 9.69 Å². The SMILES string of the molecule is CC(C)NC(=O)c1ccc(Oc2ccc(CN3CCC(N4C(=O)N(C5CCOCC5)CC4c4ccccc4)CC3)cn2)cc1. The zero-order valence-electron chi connectivity index (χ0n) is 25.7. The monoisotopic (exact) mass is 597 g/mol. The second-order valence-electron chi connectivity index (χ2n) is 12.4. The van der Waals surface area contributed by atoms with Crippen molar-refractivity contribution in [2.45, 2.75) is 70.2 Å². The fourth-order valence-electron chi connectivity index (χ4n) is 6.61. The maximum atomic E-state index is 13.9. The Kier molecular flexibility index (Phi) is 9.43. The van der Waals surface area contributed by atoms with Crippen molar-refractivity contribution in [2.24, 2.45) is 0 Å². The molecule has 2 aromatic carbocycles. The second kappa shape index (κ2) is 13.8. The summed E-state index contributed by atoms with van der Waals surface area (Å²) in [5.41, 5.74) is 2.94. The summed E-state index contributed by atoms with van der Waals surface area (Å²) in [7, 11) is 0. The number of rotatable bonds is 9. The number of nitrogens with one attached hydrogen (secondary N) is 1. The lowest BCUT2D eigenvalue weighted by molar-refractivity contribution is 0.0493. The van der Waals surface area contributed by atoms with Crippen LogP contribution in [0, 0.1) is 0 Å². The van der Waals surface area contributed by atoms with Crippen LogP contribution >= 0.6 is 0 Å². The van der Waals surface area contributed by atoms with Gasteiger partial charge in [-0.1, -0.05) is 36.4 Å². The molecule has 0 aliphatic carbocycles. The molecule has 1 N–H and O–H groups in total. The summed E-state index contributed by atoms with van der Waals surface area (Å²) < 4.78 is 11.5. The number of pyridine rings is 1. The highest BCUT2D eigenvalue weighted by atomic mass is 16.5. The standard InChI is InChI=1S/C35H43N5O4/c1-25(2)37-34(41)28-9-11-31(12-10-28)44-33-13-8-26(22-36-33)23-38-18-14-30(15-19-38)40-32(27-6-4-3-5-7-27)24-39(35(40)42)29-16-20-43-21-17-29/h3-13,22,25,29-30,32H,14-21,23-24H2,1-2H3,(H,37,41). The van der Waals surface area contributed by atoms with Gasteiger partial charge in [-0.25, -0.2) is 9.78 Å². The molecule has 3 aliphatic heterocycles. The van der Waals surface area contributed by atoms with Crippen molar-refractivity contribution < 1.29 is 19.1 Å². The predicted molar refractivity (Wildman–Crippen MR) is 169 cm³/mol. The summed E-state index contributed by atoms with van der Waals surface area (Å²) in [6, 6.07) is 22.4. The van der Waals surface area contributed by atoms with Gasteiger partial charge in [0, 0.05) is 75.3 Å². The molecule has 1 aromatic heterocycles. The third-order valence-electron chi connectivity index (χ3n) is 8.90. The zero-order valence-corrected chi connectivity index (χ0v) is 25.7. The molecule has 3 aliphatic rings. The Bertz CT molecular complexity index is 1380. The van der Waals surface area contributed by atoms with Gasteiger partial charge < -0.3 is 24.6 Å². The first kappa shape index (κ1) is 30.1. The lowest BCUT2D eigenvalue weighted by atomic mass is 9.99. The summed E-state index contributed by atoms with van der Waals surface area (Å²) >= 11 is 0. The first-order valence-electron chi connectivity index (χ1n) is 15.9. The van der Waals surface area contributed by atoms with Gasteiger partial charge in [-0.15, -0.1) is 0 Å². The maximum absolute atomic E-state index is 13.9. The molecule has 1 unspecified atom stereocenters. The van der Waals surface area contributed by atoms with Crippen molar-refractivity contribution in [3.8, 4) is 11.6 Å². The molecule has 4 heterocycles. The molecular weight excluding hydrogens is 554 g/mol. The largest absolute Gasteiger partial charge is 0.439 e. The quantitative estimate of drug-likeness (QED) is 0.344. The maximum Gasteiger partial charge on any atom is 0.321 e. The van der Waals surface area contributed by atoms with Gasteiger partial charge in [-0.2, -0.15) is 0 Å². The van der Waals surface area contributed by atoms with Crippen molar-refractivity contribution in [3.05, 3.63) is 89.6 Å². The van der Waals surface area contributed by atoms with Crippen molar-refractivity contribution >= 4 is 11.9 Å². The Labute approximate surface area is 260 Å². The normalized spacial score (nSPS) is 20.3. The fraction of sp³-hybridized carbons (Fsp3) is 0.457. The first-order chi connectivity index (χ1) is 21.4. The number of hydrogen-bond acceptors (Lipinski definition) is 6. The number of benzene rings is 2. The van der Waals surface area contributed by atoms with Gasteiger partial charge in [0.05, 0.1) is 6.04 Å². The highest BCUT2D eigenvalue weighted by Gasteiger charge is 2.45. The van der Waals surface area contributed by atoms with E-state index in [1.807, 2.05) is 32.2 Å². The number of amides is 3. The van der Waals surface area contributed by atoms with Crippen LogP contribution in [0.3, 0.4) is 0 Å². The van der Waals surface area contributed by atoms with E-state index in [0.29, 0.717) is 17.2 Å². The van der Waals surface area contributed by atoms with Crippen LogP contribution in [0.4, 0.5) is 4.79 Å². The Morgan fingerprint density at radius 3 is 2.34 bits per heavy atom. The molecule has 0 radical (unpaired) electrons. The number of hydrogen-bond donors (Lipinski definition) is 1. The Hall–Kier alpha value is -3.95. The molecule has 44 heavy (non-hydrogen) atoms. The highest BCUT2D eigenvalue weighted by molar-refractivity contribution is 5.94. The van der Waals surface area contributed by atoms with Crippen molar-refractivity contribution in [1.82, 2.24) is 25.0 Å². The third-order valence-corrected chi connectivity index (χ3v) is 8.90. The highest BCUT2D eigenvalue weighted by Crippen LogP contribution is 2.37. The van der Waals surface area contributed by atoms with Crippen molar-refractivity contribution in [2.75, 3.05) is 32.8 Å². The molecule has 3 fully saturated rings. The number of carbonyl (C=O) groups excluding carboxylic acids is 2. The van der Waals surface area contributed by atoms with Gasteiger partial charge in [-0.05, 0) is 74.9 Å². The van der Waals surface area contributed by atoms with E-state index >= 15 is 0 Å². The van der Waals surface area contributed by atoms with E-state index in [4.69, 9.17) is 9.47 Å². The fourth-order valence-corrected chi connectivity index (χ4v) is 6.61. The summed E-state index contributed by atoms with van der Waals surface area (Å²) in [5, 5.41) is 2.89. The Balaban J connectivity index is 1.03. The molecule has 0 saturated carbocycles. The molecule has 3 saturated heterocycles. The molecule has 9 heteroatoms. The van der Waals surface area contributed by atoms with Crippen LogP contribution in [0.25, 0.3) is 0 Å². The van der Waals surface area contributed by atoms with Gasteiger partial charge in [0.2, 0.25) is 5.88 Å². The number of urea groups is 1. The molecule has 1 atom stereocenters. The minimum absolute atomic E-state index is 0.0851. The predicted octanol–water partition coefficient (Wildman–Crippen LogP) is 5.63. The first-order valence-corrected chi connectivity index (χ1v) is 15.9. The summed E-state index contributed by atoms with van der Waals surface area (Å²) in [5.74, 6) is 1.05. The average molecular weight is 598 g/mol. The van der Waals surface area contributed by atoms with Gasteiger partial charge in [0.1, 0.15) is 5.75 Å². The van der Waals surface area contributed by atoms with E-state index in [9.17, 15) is 9.59 Å². The van der Waals surface area contributed by atoms with Gasteiger partial charge in [0.15, 0.2) is 0 Å². The van der Waals surface area contributed by atoms with Crippen LogP contribution in [0.1, 0.15) is 67.1 Å². The van der Waals surface area contributed by atoms with Crippen LogP contribution in [-0.4, -0.2) is 82.6 Å². The molecule has 9 nitrogen and oxygen atoms in total. The molecule has 3 amide bonds. The lowest BCUT2D eigenvalue weighted by Gasteiger charge is -2.39. The van der Waals surface area contributed by atoms with E-state index in [1.54, 1.807) is 24.3 Å². The van der Waals surface area contributed by atoms with E-state index in [0.717, 1.165) is 70.6 Å². The van der Waals surface area contributed by atoms with Crippen LogP contribution in [-0.2, 0) is 11.3 Å². The lowest BCUT2D eigenvalue weighted by Crippen LogP contribution is -2.48. The average Bonchev–Trinajstić information content (AvgIpc) is 3.40. The molecule has 3 aromatic rings. The molecule has 0 bridgehead atoms. The van der Waals surface area contributed by atoms with E-state index < -0.39 is 0 Å². The number of piperidine rings is 1. The van der Waals surface area contributed by atoms with Gasteiger partial charge >= 0.3 is 6.03 Å². The summed E-state index contributed by atoms with van der Waals surface area (Å²) in [6.07, 6.45) is 5.61.